The van der Waals surface area contributed by atoms with Crippen molar-refractivity contribution in [1.29, 1.82) is 0 Å². The number of morpholine rings is 1. The standard InChI is InChI=1S/C29H27FN4O/c1-2-18-4-3-5-22(28(18)31)20-7-9-25-23(15-20)29(24(16-33-25)19-6-8-21(30)14-19)34-12-10-26-27(17-34)35-13-11-32-26/h1,3-5,7-9,14-16,26-27,32H,6,10-13,17,31H2/t26-,27-/m1/s1. The van der Waals surface area contributed by atoms with Crippen LogP contribution in [0.2, 0.25) is 0 Å². The molecular formula is C29H27FN4O. The molecule has 0 spiro atoms. The molecule has 0 radical (unpaired) electrons. The van der Waals surface area contributed by atoms with Gasteiger partial charge in [0, 0.05) is 53.9 Å². The number of ether oxygens (including phenoxy) is 1. The maximum absolute atomic E-state index is 14.1. The Balaban J connectivity index is 1.52. The largest absolute Gasteiger partial charge is 0.397 e. The average Bonchev–Trinajstić information content (AvgIpc) is 3.33. The van der Waals surface area contributed by atoms with Gasteiger partial charge in [0.1, 0.15) is 5.83 Å². The summed E-state index contributed by atoms with van der Waals surface area (Å²) >= 11 is 0. The van der Waals surface area contributed by atoms with Crippen molar-refractivity contribution in [1.82, 2.24) is 10.3 Å². The van der Waals surface area contributed by atoms with E-state index < -0.39 is 0 Å². The van der Waals surface area contributed by atoms with Crippen molar-refractivity contribution in [3.8, 4) is 23.5 Å². The Labute approximate surface area is 204 Å². The number of nitrogen functional groups attached to an aromatic ring is 1. The van der Waals surface area contributed by atoms with Gasteiger partial charge in [-0.05, 0) is 54.3 Å². The van der Waals surface area contributed by atoms with Crippen LogP contribution in [0.1, 0.15) is 24.0 Å². The number of nitrogens with zero attached hydrogens (tertiary/aromatic N) is 2. The number of anilines is 2. The molecule has 2 saturated heterocycles. The lowest BCUT2D eigenvalue weighted by Gasteiger charge is -2.43. The maximum atomic E-state index is 14.1. The Morgan fingerprint density at radius 1 is 1.23 bits per heavy atom. The molecule has 2 aliphatic heterocycles. The smallest absolute Gasteiger partial charge is 0.119 e. The number of piperidine rings is 1. The molecule has 2 atom stereocenters. The lowest BCUT2D eigenvalue weighted by molar-refractivity contribution is -0.00899. The predicted octanol–water partition coefficient (Wildman–Crippen LogP) is 4.67. The summed E-state index contributed by atoms with van der Waals surface area (Å²) in [7, 11) is 0. The summed E-state index contributed by atoms with van der Waals surface area (Å²) < 4.78 is 20.2. The Hall–Kier alpha value is -3.66. The number of aromatic nitrogens is 1. The number of hydrogen-bond acceptors (Lipinski definition) is 5. The van der Waals surface area contributed by atoms with E-state index in [2.05, 4.69) is 22.2 Å². The van der Waals surface area contributed by atoms with Crippen molar-refractivity contribution in [3.63, 3.8) is 0 Å². The Bertz CT molecular complexity index is 1420. The molecule has 2 aromatic carbocycles. The van der Waals surface area contributed by atoms with Gasteiger partial charge in [-0.1, -0.05) is 24.1 Å². The predicted molar refractivity (Wildman–Crippen MR) is 140 cm³/mol. The van der Waals surface area contributed by atoms with E-state index >= 15 is 0 Å². The molecule has 0 bridgehead atoms. The normalized spacial score (nSPS) is 21.9. The second kappa shape index (κ2) is 8.84. The zero-order chi connectivity index (χ0) is 23.9. The van der Waals surface area contributed by atoms with Gasteiger partial charge < -0.3 is 20.7 Å². The van der Waals surface area contributed by atoms with Crippen LogP contribution in [0.5, 0.6) is 0 Å². The van der Waals surface area contributed by atoms with E-state index in [9.17, 15) is 4.39 Å². The van der Waals surface area contributed by atoms with Gasteiger partial charge in [-0.15, -0.1) is 6.42 Å². The topological polar surface area (TPSA) is 63.4 Å². The maximum Gasteiger partial charge on any atom is 0.119 e. The summed E-state index contributed by atoms with van der Waals surface area (Å²) in [6.07, 6.45) is 12.4. The lowest BCUT2D eigenvalue weighted by Crippen LogP contribution is -2.57. The molecule has 3 heterocycles. The zero-order valence-corrected chi connectivity index (χ0v) is 19.4. The Kier molecular flexibility index (Phi) is 5.52. The van der Waals surface area contributed by atoms with Gasteiger partial charge >= 0.3 is 0 Å². The summed E-state index contributed by atoms with van der Waals surface area (Å²) in [6.45, 7) is 3.26. The van der Waals surface area contributed by atoms with Crippen LogP contribution in [0.25, 0.3) is 27.6 Å². The first kappa shape index (κ1) is 21.8. The van der Waals surface area contributed by atoms with Gasteiger partial charge in [0.05, 0.1) is 29.6 Å². The van der Waals surface area contributed by atoms with Crippen LogP contribution in [0, 0.1) is 12.3 Å². The monoisotopic (exact) mass is 466 g/mol. The van der Waals surface area contributed by atoms with Gasteiger partial charge in [0.2, 0.25) is 0 Å². The minimum atomic E-state index is -0.197. The molecule has 6 rings (SSSR count). The number of pyridine rings is 1. The molecule has 5 nitrogen and oxygen atoms in total. The van der Waals surface area contributed by atoms with Crippen molar-refractivity contribution in [3.05, 3.63) is 71.7 Å². The molecule has 1 aliphatic carbocycles. The van der Waals surface area contributed by atoms with Crippen molar-refractivity contribution < 1.29 is 9.13 Å². The van der Waals surface area contributed by atoms with Gasteiger partial charge in [0.25, 0.3) is 0 Å². The van der Waals surface area contributed by atoms with E-state index in [1.54, 1.807) is 12.2 Å². The summed E-state index contributed by atoms with van der Waals surface area (Å²) in [5, 5.41) is 4.60. The van der Waals surface area contributed by atoms with Gasteiger partial charge in [-0.3, -0.25) is 4.98 Å². The van der Waals surface area contributed by atoms with E-state index in [-0.39, 0.29) is 11.9 Å². The van der Waals surface area contributed by atoms with E-state index in [4.69, 9.17) is 21.9 Å². The van der Waals surface area contributed by atoms with Crippen LogP contribution < -0.4 is 16.0 Å². The highest BCUT2D eigenvalue weighted by Gasteiger charge is 2.34. The molecule has 6 heteroatoms. The number of halogens is 1. The SMILES string of the molecule is C#Cc1cccc(-c2ccc3ncc(C4=CC(F)=CC4)c(N4CC[C@H]5NCCO[C@@H]5C4)c3c2)c1N. The third-order valence-corrected chi connectivity index (χ3v) is 7.30. The van der Waals surface area contributed by atoms with Gasteiger partial charge in [-0.25, -0.2) is 4.39 Å². The summed E-state index contributed by atoms with van der Waals surface area (Å²) in [6, 6.07) is 12.3. The van der Waals surface area contributed by atoms with E-state index in [0.717, 1.165) is 64.9 Å². The molecular weight excluding hydrogens is 439 g/mol. The number of hydrogen-bond donors (Lipinski definition) is 2. The van der Waals surface area contributed by atoms with Crippen LogP contribution in [-0.2, 0) is 4.74 Å². The molecule has 0 amide bonds. The lowest BCUT2D eigenvalue weighted by atomic mass is 9.94. The molecule has 1 aromatic heterocycles. The minimum absolute atomic E-state index is 0.118. The molecule has 3 aliphatic rings. The number of para-hydroxylation sites is 1. The third kappa shape index (κ3) is 3.87. The highest BCUT2D eigenvalue weighted by molar-refractivity contribution is 6.01. The minimum Gasteiger partial charge on any atom is -0.397 e. The molecule has 35 heavy (non-hydrogen) atoms. The fraction of sp³-hybridized carbons (Fsp3) is 0.276. The number of fused-ring (bicyclic) bond motifs is 2. The van der Waals surface area contributed by atoms with Crippen LogP contribution >= 0.6 is 0 Å². The molecule has 3 aromatic rings. The second-order valence-corrected chi connectivity index (χ2v) is 9.33. The number of nitrogens with one attached hydrogen (secondary N) is 1. The summed E-state index contributed by atoms with van der Waals surface area (Å²) in [4.78, 5) is 7.14. The first-order valence-corrected chi connectivity index (χ1v) is 12.1. The second-order valence-electron chi connectivity index (χ2n) is 9.33. The number of allylic oxidation sites excluding steroid dienone is 4. The fourth-order valence-electron chi connectivity index (χ4n) is 5.52. The molecule has 2 fully saturated rings. The number of benzene rings is 2. The number of terminal acetylenes is 1. The number of nitrogens with two attached hydrogens (primary N) is 1. The summed E-state index contributed by atoms with van der Waals surface area (Å²) in [5.74, 6) is 2.47. The van der Waals surface area contributed by atoms with Crippen LogP contribution in [0.4, 0.5) is 15.8 Å². The molecule has 176 valence electrons. The summed E-state index contributed by atoms with van der Waals surface area (Å²) in [5.41, 5.74) is 13.4. The fourth-order valence-corrected chi connectivity index (χ4v) is 5.52. The van der Waals surface area contributed by atoms with Crippen molar-refractivity contribution in [2.75, 3.05) is 36.9 Å². The molecule has 3 N–H and O–H groups in total. The Morgan fingerprint density at radius 2 is 2.14 bits per heavy atom. The molecule has 0 saturated carbocycles. The van der Waals surface area contributed by atoms with Crippen molar-refractivity contribution in [2.24, 2.45) is 0 Å². The Morgan fingerprint density at radius 3 is 2.97 bits per heavy atom. The number of rotatable bonds is 3. The third-order valence-electron chi connectivity index (χ3n) is 7.30. The zero-order valence-electron chi connectivity index (χ0n) is 19.4. The van der Waals surface area contributed by atoms with E-state index in [1.807, 2.05) is 36.5 Å². The average molecular weight is 467 g/mol. The molecule has 0 unspecified atom stereocenters. The first-order chi connectivity index (χ1) is 17.1. The van der Waals surface area contributed by atoms with Crippen LogP contribution in [0.15, 0.2) is 60.6 Å². The van der Waals surface area contributed by atoms with Crippen molar-refractivity contribution in [2.45, 2.75) is 25.0 Å². The van der Waals surface area contributed by atoms with Gasteiger partial charge in [0.15, 0.2) is 0 Å². The van der Waals surface area contributed by atoms with Crippen molar-refractivity contribution >= 4 is 27.9 Å². The van der Waals surface area contributed by atoms with E-state index in [0.29, 0.717) is 30.3 Å². The highest BCUT2D eigenvalue weighted by atomic mass is 19.1. The van der Waals surface area contributed by atoms with Gasteiger partial charge in [-0.2, -0.15) is 0 Å². The van der Waals surface area contributed by atoms with Crippen LogP contribution in [0.3, 0.4) is 0 Å². The first-order valence-electron chi connectivity index (χ1n) is 12.1. The van der Waals surface area contributed by atoms with E-state index in [1.165, 1.54) is 0 Å². The quantitative estimate of drug-likeness (QED) is 0.434. The highest BCUT2D eigenvalue weighted by Crippen LogP contribution is 2.41. The van der Waals surface area contributed by atoms with Crippen LogP contribution in [-0.4, -0.2) is 43.4 Å².